The molecule has 0 aliphatic heterocycles. The van der Waals surface area contributed by atoms with E-state index in [0.717, 1.165) is 0 Å². The van der Waals surface area contributed by atoms with Crippen molar-refractivity contribution in [3.8, 4) is 0 Å². The molecule has 0 bridgehead atoms. The summed E-state index contributed by atoms with van der Waals surface area (Å²) in [6.45, 7) is 1.69. The van der Waals surface area contributed by atoms with Crippen molar-refractivity contribution < 1.29 is 13.7 Å². The third kappa shape index (κ3) is 1.28. The van der Waals surface area contributed by atoms with E-state index in [4.69, 9.17) is 10.2 Å². The van der Waals surface area contributed by atoms with Gasteiger partial charge in [-0.3, -0.25) is 4.79 Å². The van der Waals surface area contributed by atoms with Crippen LogP contribution in [0.25, 0.3) is 0 Å². The molecule has 5 heteroatoms. The first kappa shape index (κ1) is 8.55. The lowest BCUT2D eigenvalue weighted by Gasteiger charge is -1.89. The summed E-state index contributed by atoms with van der Waals surface area (Å²) in [5, 5.41) is 3.43. The Morgan fingerprint density at radius 1 is 1.57 bits per heavy atom. The minimum atomic E-state index is -0.286. The second-order valence-corrected chi connectivity index (χ2v) is 2.86. The van der Waals surface area contributed by atoms with Gasteiger partial charge in [0.2, 0.25) is 5.78 Å². The zero-order valence-corrected chi connectivity index (χ0v) is 7.48. The lowest BCUT2D eigenvalue weighted by molar-refractivity contribution is 0.101. The maximum Gasteiger partial charge on any atom is 0.233 e. The molecule has 0 aromatic carbocycles. The highest BCUT2D eigenvalue weighted by Crippen LogP contribution is 2.19. The fourth-order valence-electron chi connectivity index (χ4n) is 1.07. The maximum absolute atomic E-state index is 11.6. The highest BCUT2D eigenvalue weighted by Gasteiger charge is 2.16. The molecule has 0 saturated carbocycles. The number of nitrogen functional groups attached to an aromatic ring is 1. The topological polar surface area (TPSA) is 82.3 Å². The predicted octanol–water partition coefficient (Wildman–Crippen LogP) is 1.39. The van der Waals surface area contributed by atoms with E-state index in [1.165, 1.54) is 18.5 Å². The Morgan fingerprint density at radius 3 is 2.86 bits per heavy atom. The van der Waals surface area contributed by atoms with Crippen molar-refractivity contribution in [1.29, 1.82) is 0 Å². The number of carbonyl (C=O) groups excluding carboxylic acids is 1. The highest BCUT2D eigenvalue weighted by molar-refractivity contribution is 6.07. The number of nitrogens with two attached hydrogens (primary N) is 1. The standard InChI is InChI=1S/C9H8N2O3/c1-5-7(10)2-8(14-5)9(12)6-3-11-13-4-6/h2-4H,10H2,1H3. The van der Waals surface area contributed by atoms with E-state index < -0.39 is 0 Å². The Labute approximate surface area is 79.5 Å². The van der Waals surface area contributed by atoms with E-state index in [2.05, 4.69) is 9.68 Å². The molecule has 2 aromatic rings. The number of ketones is 1. The molecule has 72 valence electrons. The zero-order chi connectivity index (χ0) is 10.1. The molecule has 2 rings (SSSR count). The van der Waals surface area contributed by atoms with Crippen molar-refractivity contribution in [3.63, 3.8) is 0 Å². The van der Waals surface area contributed by atoms with Crippen LogP contribution < -0.4 is 5.73 Å². The monoisotopic (exact) mass is 192 g/mol. The lowest BCUT2D eigenvalue weighted by atomic mass is 10.2. The van der Waals surface area contributed by atoms with E-state index in [9.17, 15) is 4.79 Å². The third-order valence-corrected chi connectivity index (χ3v) is 1.87. The van der Waals surface area contributed by atoms with Crippen molar-refractivity contribution in [3.05, 3.63) is 35.6 Å². The fraction of sp³-hybridized carbons (Fsp3) is 0.111. The summed E-state index contributed by atoms with van der Waals surface area (Å²) in [4.78, 5) is 11.6. The van der Waals surface area contributed by atoms with Gasteiger partial charge in [0.1, 0.15) is 12.0 Å². The molecule has 0 spiro atoms. The number of furan rings is 1. The molecule has 0 radical (unpaired) electrons. The van der Waals surface area contributed by atoms with Crippen molar-refractivity contribution >= 4 is 11.5 Å². The van der Waals surface area contributed by atoms with Gasteiger partial charge in [0, 0.05) is 6.07 Å². The Balaban J connectivity index is 2.37. The number of aryl methyl sites for hydroxylation is 1. The molecule has 5 nitrogen and oxygen atoms in total. The fourth-order valence-corrected chi connectivity index (χ4v) is 1.07. The van der Waals surface area contributed by atoms with E-state index in [1.807, 2.05) is 0 Å². The van der Waals surface area contributed by atoms with Crippen LogP contribution in [0, 0.1) is 6.92 Å². The van der Waals surface area contributed by atoms with Gasteiger partial charge in [0.25, 0.3) is 0 Å². The zero-order valence-electron chi connectivity index (χ0n) is 7.48. The van der Waals surface area contributed by atoms with Gasteiger partial charge in [-0.2, -0.15) is 0 Å². The molecule has 2 N–H and O–H groups in total. The molecular weight excluding hydrogens is 184 g/mol. The van der Waals surface area contributed by atoms with E-state index >= 15 is 0 Å². The van der Waals surface area contributed by atoms with Gasteiger partial charge >= 0.3 is 0 Å². The first-order chi connectivity index (χ1) is 6.68. The first-order valence-corrected chi connectivity index (χ1v) is 3.98. The summed E-state index contributed by atoms with van der Waals surface area (Å²) in [7, 11) is 0. The molecule has 0 fully saturated rings. The summed E-state index contributed by atoms with van der Waals surface area (Å²) in [6, 6.07) is 1.49. The van der Waals surface area contributed by atoms with Crippen LogP contribution >= 0.6 is 0 Å². The maximum atomic E-state index is 11.6. The minimum Gasteiger partial charge on any atom is -0.456 e. The molecule has 0 atom stereocenters. The summed E-state index contributed by atoms with van der Waals surface area (Å²) >= 11 is 0. The molecule has 2 aromatic heterocycles. The van der Waals surface area contributed by atoms with Crippen LogP contribution in [-0.2, 0) is 0 Å². The van der Waals surface area contributed by atoms with E-state index in [1.54, 1.807) is 6.92 Å². The number of hydrogen-bond donors (Lipinski definition) is 1. The smallest absolute Gasteiger partial charge is 0.233 e. The average Bonchev–Trinajstić information content (AvgIpc) is 2.76. The van der Waals surface area contributed by atoms with Crippen molar-refractivity contribution in [2.75, 3.05) is 5.73 Å². The Hall–Kier alpha value is -2.04. The van der Waals surface area contributed by atoms with Gasteiger partial charge < -0.3 is 14.7 Å². The van der Waals surface area contributed by atoms with Gasteiger partial charge in [-0.25, -0.2) is 0 Å². The SMILES string of the molecule is Cc1oc(C(=O)c2cnoc2)cc1N. The number of anilines is 1. The van der Waals surface area contributed by atoms with Crippen molar-refractivity contribution in [2.24, 2.45) is 0 Å². The molecule has 0 saturated heterocycles. The number of carbonyl (C=O) groups is 1. The van der Waals surface area contributed by atoms with Gasteiger partial charge in [-0.15, -0.1) is 0 Å². The van der Waals surface area contributed by atoms with Crippen LogP contribution in [-0.4, -0.2) is 10.9 Å². The molecule has 14 heavy (non-hydrogen) atoms. The van der Waals surface area contributed by atoms with Crippen molar-refractivity contribution in [1.82, 2.24) is 5.16 Å². The highest BCUT2D eigenvalue weighted by atomic mass is 16.5. The second kappa shape index (κ2) is 3.02. The number of rotatable bonds is 2. The van der Waals surface area contributed by atoms with Crippen LogP contribution in [0.15, 0.2) is 27.5 Å². The second-order valence-electron chi connectivity index (χ2n) is 2.86. The quantitative estimate of drug-likeness (QED) is 0.727. The minimum absolute atomic E-state index is 0.197. The van der Waals surface area contributed by atoms with Crippen molar-refractivity contribution in [2.45, 2.75) is 6.92 Å². The Morgan fingerprint density at radius 2 is 2.36 bits per heavy atom. The van der Waals surface area contributed by atoms with Gasteiger partial charge in [-0.05, 0) is 6.92 Å². The normalized spacial score (nSPS) is 10.4. The molecular formula is C9H8N2O3. The Bertz CT molecular complexity index is 437. The summed E-state index contributed by atoms with van der Waals surface area (Å²) in [6.07, 6.45) is 2.59. The van der Waals surface area contributed by atoms with Crippen LogP contribution in [0.2, 0.25) is 0 Å². The van der Waals surface area contributed by atoms with E-state index in [0.29, 0.717) is 17.0 Å². The third-order valence-electron chi connectivity index (χ3n) is 1.87. The number of aromatic nitrogens is 1. The average molecular weight is 192 g/mol. The molecule has 0 unspecified atom stereocenters. The molecule has 2 heterocycles. The van der Waals surface area contributed by atoms with Gasteiger partial charge in [0.05, 0.1) is 17.4 Å². The number of hydrogen-bond acceptors (Lipinski definition) is 5. The van der Waals surface area contributed by atoms with Crippen LogP contribution in [0.4, 0.5) is 5.69 Å². The largest absolute Gasteiger partial charge is 0.456 e. The predicted molar refractivity (Wildman–Crippen MR) is 47.8 cm³/mol. The first-order valence-electron chi connectivity index (χ1n) is 3.98. The van der Waals surface area contributed by atoms with Crippen LogP contribution in [0.1, 0.15) is 21.9 Å². The summed E-state index contributed by atoms with van der Waals surface area (Å²) < 4.78 is 9.71. The van der Waals surface area contributed by atoms with Crippen LogP contribution in [0.5, 0.6) is 0 Å². The van der Waals surface area contributed by atoms with Crippen LogP contribution in [0.3, 0.4) is 0 Å². The summed E-state index contributed by atoms with van der Waals surface area (Å²) in [5.74, 6) is 0.444. The number of nitrogens with zero attached hydrogens (tertiary/aromatic N) is 1. The van der Waals surface area contributed by atoms with Gasteiger partial charge in [-0.1, -0.05) is 5.16 Å². The lowest BCUT2D eigenvalue weighted by Crippen LogP contribution is -1.97. The van der Waals surface area contributed by atoms with Gasteiger partial charge in [0.15, 0.2) is 5.76 Å². The Kier molecular flexibility index (Phi) is 1.85. The summed E-state index contributed by atoms with van der Waals surface area (Å²) in [5.41, 5.74) is 6.36. The molecule has 0 aliphatic rings. The van der Waals surface area contributed by atoms with E-state index in [-0.39, 0.29) is 11.5 Å². The molecule has 0 aliphatic carbocycles. The molecule has 0 amide bonds.